The first-order valence-electron chi connectivity index (χ1n) is 9.32. The molecule has 0 saturated carbocycles. The van der Waals surface area contributed by atoms with Gasteiger partial charge in [-0.25, -0.2) is 0 Å². The van der Waals surface area contributed by atoms with Crippen LogP contribution in [0.1, 0.15) is 21.7 Å². The molecule has 1 aliphatic rings. The Morgan fingerprint density at radius 1 is 1.20 bits per heavy atom. The fraction of sp³-hybridized carbons (Fsp3) is 0.130. The summed E-state index contributed by atoms with van der Waals surface area (Å²) < 4.78 is 10.6. The minimum absolute atomic E-state index is 0.133. The number of rotatable bonds is 5. The zero-order chi connectivity index (χ0) is 21.1. The van der Waals surface area contributed by atoms with E-state index in [1.165, 1.54) is 11.8 Å². The summed E-state index contributed by atoms with van der Waals surface area (Å²) in [5.74, 6) is 1.02. The van der Waals surface area contributed by atoms with Crippen molar-refractivity contribution in [2.75, 3.05) is 19.1 Å². The number of ether oxygens (including phenoxy) is 1. The molecule has 30 heavy (non-hydrogen) atoms. The Hall–Kier alpha value is -3.45. The smallest absolute Gasteiger partial charge is 0.264 e. The third-order valence-corrected chi connectivity index (χ3v) is 5.82. The van der Waals surface area contributed by atoms with Crippen LogP contribution in [-0.4, -0.2) is 26.0 Å². The number of hydrogen-bond acceptors (Lipinski definition) is 5. The molecule has 3 aromatic rings. The quantitative estimate of drug-likeness (QED) is 0.622. The molecule has 0 bridgehead atoms. The molecule has 2 amide bonds. The number of nitrogens with one attached hydrogen (secondary N) is 1. The van der Waals surface area contributed by atoms with Crippen molar-refractivity contribution in [1.29, 1.82) is 0 Å². The SMILES string of the molecule is COc1ccccc1C=C1Sc2ccc(C(=O)NCc3ccco3)cc2N(C)C1=O. The van der Waals surface area contributed by atoms with Crippen molar-refractivity contribution in [2.45, 2.75) is 11.4 Å². The molecule has 0 radical (unpaired) electrons. The summed E-state index contributed by atoms with van der Waals surface area (Å²) >= 11 is 1.38. The summed E-state index contributed by atoms with van der Waals surface area (Å²) in [6.07, 6.45) is 3.39. The average Bonchev–Trinajstić information content (AvgIpc) is 3.29. The average molecular weight is 420 g/mol. The Morgan fingerprint density at radius 2 is 2.03 bits per heavy atom. The van der Waals surface area contributed by atoms with Crippen molar-refractivity contribution in [1.82, 2.24) is 5.32 Å². The van der Waals surface area contributed by atoms with Gasteiger partial charge in [-0.1, -0.05) is 30.0 Å². The number of likely N-dealkylation sites (N-methyl/N-ethyl adjacent to an activating group) is 1. The van der Waals surface area contributed by atoms with Crippen molar-refractivity contribution >= 4 is 35.3 Å². The lowest BCUT2D eigenvalue weighted by Gasteiger charge is -2.27. The summed E-state index contributed by atoms with van der Waals surface area (Å²) in [4.78, 5) is 28.5. The van der Waals surface area contributed by atoms with Gasteiger partial charge in [0.15, 0.2) is 0 Å². The lowest BCUT2D eigenvalue weighted by Crippen LogP contribution is -2.31. The van der Waals surface area contributed by atoms with E-state index in [1.54, 1.807) is 49.6 Å². The third kappa shape index (κ3) is 3.97. The molecule has 1 aromatic heterocycles. The number of nitrogens with zero attached hydrogens (tertiary/aromatic N) is 1. The minimum Gasteiger partial charge on any atom is -0.496 e. The number of anilines is 1. The number of carbonyl (C=O) groups is 2. The van der Waals surface area contributed by atoms with E-state index in [-0.39, 0.29) is 11.8 Å². The number of fused-ring (bicyclic) bond motifs is 1. The molecule has 0 fully saturated rings. The molecule has 0 saturated heterocycles. The van der Waals surface area contributed by atoms with E-state index in [2.05, 4.69) is 5.32 Å². The highest BCUT2D eigenvalue weighted by Gasteiger charge is 2.27. The van der Waals surface area contributed by atoms with Gasteiger partial charge in [-0.3, -0.25) is 9.59 Å². The number of furan rings is 1. The zero-order valence-electron chi connectivity index (χ0n) is 16.5. The molecule has 7 heteroatoms. The van der Waals surface area contributed by atoms with Crippen LogP contribution in [0.4, 0.5) is 5.69 Å². The second-order valence-corrected chi connectivity index (χ2v) is 7.75. The van der Waals surface area contributed by atoms with E-state index < -0.39 is 0 Å². The van der Waals surface area contributed by atoms with E-state index in [9.17, 15) is 9.59 Å². The zero-order valence-corrected chi connectivity index (χ0v) is 17.4. The fourth-order valence-corrected chi connectivity index (χ4v) is 4.23. The third-order valence-electron chi connectivity index (χ3n) is 4.75. The topological polar surface area (TPSA) is 71.8 Å². The van der Waals surface area contributed by atoms with E-state index in [0.29, 0.717) is 34.2 Å². The summed E-state index contributed by atoms with van der Waals surface area (Å²) in [7, 11) is 3.31. The van der Waals surface area contributed by atoms with Crippen LogP contribution in [0.5, 0.6) is 5.75 Å². The van der Waals surface area contributed by atoms with Gasteiger partial charge >= 0.3 is 0 Å². The summed E-state index contributed by atoms with van der Waals surface area (Å²) in [5, 5.41) is 2.82. The summed E-state index contributed by atoms with van der Waals surface area (Å²) in [6, 6.07) is 16.5. The molecule has 0 atom stereocenters. The molecule has 4 rings (SSSR count). The first kappa shape index (κ1) is 19.8. The number of methoxy groups -OCH3 is 1. The number of thioether (sulfide) groups is 1. The van der Waals surface area contributed by atoms with Crippen LogP contribution in [0.15, 0.2) is 75.1 Å². The van der Waals surface area contributed by atoms with Crippen LogP contribution in [0.25, 0.3) is 6.08 Å². The minimum atomic E-state index is -0.226. The molecule has 0 aliphatic carbocycles. The maximum Gasteiger partial charge on any atom is 0.264 e. The molecule has 2 heterocycles. The summed E-state index contributed by atoms with van der Waals surface area (Å²) in [5.41, 5.74) is 2.02. The standard InChI is InChI=1S/C23H20N2O4S/c1-25-18-12-16(22(26)24-14-17-7-5-11-29-17)9-10-20(18)30-21(23(25)27)13-15-6-3-4-8-19(15)28-2/h3-13H,14H2,1-2H3,(H,24,26). The Morgan fingerprint density at radius 3 is 2.80 bits per heavy atom. The largest absolute Gasteiger partial charge is 0.496 e. The first-order chi connectivity index (χ1) is 14.6. The second-order valence-electron chi connectivity index (χ2n) is 6.66. The first-order valence-corrected chi connectivity index (χ1v) is 10.1. The van der Waals surface area contributed by atoms with Crippen molar-refractivity contribution in [3.05, 3.63) is 82.7 Å². The highest BCUT2D eigenvalue weighted by molar-refractivity contribution is 8.04. The maximum atomic E-state index is 12.9. The number of benzene rings is 2. The molecule has 6 nitrogen and oxygen atoms in total. The van der Waals surface area contributed by atoms with Crippen molar-refractivity contribution in [2.24, 2.45) is 0 Å². The van der Waals surface area contributed by atoms with Crippen molar-refractivity contribution in [3.63, 3.8) is 0 Å². The highest BCUT2D eigenvalue weighted by Crippen LogP contribution is 2.42. The van der Waals surface area contributed by atoms with Crippen LogP contribution in [-0.2, 0) is 11.3 Å². The van der Waals surface area contributed by atoms with Gasteiger partial charge in [0.1, 0.15) is 11.5 Å². The summed E-state index contributed by atoms with van der Waals surface area (Å²) in [6.45, 7) is 0.304. The number of para-hydroxylation sites is 1. The van der Waals surface area contributed by atoms with Crippen LogP contribution in [0.3, 0.4) is 0 Å². The Labute approximate surface area is 178 Å². The van der Waals surface area contributed by atoms with Gasteiger partial charge in [-0.2, -0.15) is 0 Å². The predicted octanol–water partition coefficient (Wildman–Crippen LogP) is 4.33. The lowest BCUT2D eigenvalue weighted by atomic mass is 10.1. The van der Waals surface area contributed by atoms with Crippen LogP contribution >= 0.6 is 11.8 Å². The van der Waals surface area contributed by atoms with E-state index >= 15 is 0 Å². The van der Waals surface area contributed by atoms with Gasteiger partial charge in [0, 0.05) is 23.1 Å². The Balaban J connectivity index is 1.57. The van der Waals surface area contributed by atoms with Gasteiger partial charge in [0.2, 0.25) is 0 Å². The van der Waals surface area contributed by atoms with Gasteiger partial charge < -0.3 is 19.4 Å². The lowest BCUT2D eigenvalue weighted by molar-refractivity contribution is -0.114. The van der Waals surface area contributed by atoms with E-state index in [1.807, 2.05) is 36.4 Å². The second kappa shape index (κ2) is 8.51. The number of amides is 2. The predicted molar refractivity (Wildman–Crippen MR) is 117 cm³/mol. The molecule has 0 spiro atoms. The fourth-order valence-electron chi connectivity index (χ4n) is 3.14. The monoisotopic (exact) mass is 420 g/mol. The molecule has 2 aromatic carbocycles. The maximum absolute atomic E-state index is 12.9. The Bertz CT molecular complexity index is 1120. The van der Waals surface area contributed by atoms with Crippen molar-refractivity contribution < 1.29 is 18.7 Å². The normalized spacial score (nSPS) is 14.5. The van der Waals surface area contributed by atoms with Crippen molar-refractivity contribution in [3.8, 4) is 5.75 Å². The van der Waals surface area contributed by atoms with Crippen LogP contribution in [0.2, 0.25) is 0 Å². The van der Waals surface area contributed by atoms with E-state index in [0.717, 1.165) is 10.5 Å². The molecular weight excluding hydrogens is 400 g/mol. The van der Waals surface area contributed by atoms with Gasteiger partial charge in [0.25, 0.3) is 11.8 Å². The molecule has 1 aliphatic heterocycles. The van der Waals surface area contributed by atoms with Gasteiger partial charge in [-0.15, -0.1) is 0 Å². The van der Waals surface area contributed by atoms with Gasteiger partial charge in [-0.05, 0) is 42.5 Å². The molecule has 0 unspecified atom stereocenters. The van der Waals surface area contributed by atoms with Gasteiger partial charge in [0.05, 0.1) is 30.5 Å². The molecule has 152 valence electrons. The van der Waals surface area contributed by atoms with Crippen LogP contribution < -0.4 is 15.0 Å². The number of hydrogen-bond donors (Lipinski definition) is 1. The number of carbonyl (C=O) groups excluding carboxylic acids is 2. The Kier molecular flexibility index (Phi) is 5.63. The van der Waals surface area contributed by atoms with Crippen LogP contribution in [0, 0.1) is 0 Å². The molecular formula is C23H20N2O4S. The highest BCUT2D eigenvalue weighted by atomic mass is 32.2. The molecule has 1 N–H and O–H groups in total. The van der Waals surface area contributed by atoms with E-state index in [4.69, 9.17) is 9.15 Å².